The van der Waals surface area contributed by atoms with Crippen molar-refractivity contribution in [3.63, 3.8) is 0 Å². The maximum atomic E-state index is 15.7. The number of carbonyl (C=O) groups is 2. The largest absolute Gasteiger partial charge is 0.465 e. The number of allylic oxidation sites excluding steroid dienone is 2. The first-order valence-electron chi connectivity index (χ1n) is 53.1. The summed E-state index contributed by atoms with van der Waals surface area (Å²) in [6.45, 7) is 19.6. The lowest BCUT2D eigenvalue weighted by molar-refractivity contribution is -0.163. The standard InChI is InChI=1S/C108H210O6/c1-9-17-25-33-39-45-47-59-71-85-99-113-105(111)107(95-81-67-55-41-35-27-19-11-3,96-82-68-56-42-36-28-20-12-4)101(89-75-63-51-53-65-79-93-103(109)91-77-31-23-15-7)87-73-61-49-50-62-74-88-102(90-76-64-52-54-66-80-94-104(110)92-78-32-24-16-8)108(97-83-69-57-43-37-29-21-13-5,98-84-70-58-44-38-30-22-14-6)106(112)114-100-86-72-60-48-46-40-34-26-18-10-2/h65-66,79-80,101-104,109-110H,9-64,67-78,81-100H2,1-8H3/b79-65-,80-66-. The van der Waals surface area contributed by atoms with E-state index >= 15 is 9.59 Å². The van der Waals surface area contributed by atoms with Gasteiger partial charge in [-0.15, -0.1) is 0 Å². The fraction of sp³-hybridized carbons (Fsp3) is 0.944. The highest BCUT2D eigenvalue weighted by Crippen LogP contribution is 2.48. The van der Waals surface area contributed by atoms with E-state index in [0.717, 1.165) is 154 Å². The van der Waals surface area contributed by atoms with E-state index in [1.54, 1.807) is 0 Å². The van der Waals surface area contributed by atoms with Crippen LogP contribution < -0.4 is 0 Å². The fourth-order valence-electron chi connectivity index (χ4n) is 19.0. The average molecular weight is 1600 g/mol. The lowest BCUT2D eigenvalue weighted by Gasteiger charge is -2.40. The zero-order chi connectivity index (χ0) is 82.9. The SMILES string of the molecule is CCCCCCCCCCCCOC(=O)C(CCCCCCCCCC)(CCCCCCCCCC)C(CCCCC/C=C\CC(O)CCCCCC)CCCCCCCCC(CCCCC/C=C\CC(O)CCCCCC)C(CCCCCCCCCC)(CCCCCCCCCC)C(=O)OCCCCCCCCCCCC. The molecular weight excluding hydrogens is 1390 g/mol. The van der Waals surface area contributed by atoms with Crippen molar-refractivity contribution in [3.05, 3.63) is 24.3 Å². The number of hydrogen-bond acceptors (Lipinski definition) is 6. The highest BCUT2D eigenvalue weighted by Gasteiger charge is 2.47. The molecule has 4 unspecified atom stereocenters. The van der Waals surface area contributed by atoms with Gasteiger partial charge in [-0.2, -0.15) is 0 Å². The molecule has 0 heterocycles. The van der Waals surface area contributed by atoms with E-state index in [4.69, 9.17) is 9.47 Å². The molecule has 0 radical (unpaired) electrons. The summed E-state index contributed by atoms with van der Waals surface area (Å²) < 4.78 is 13.6. The molecule has 2 N–H and O–H groups in total. The topological polar surface area (TPSA) is 93.1 Å². The highest BCUT2D eigenvalue weighted by molar-refractivity contribution is 5.78. The van der Waals surface area contributed by atoms with Gasteiger partial charge >= 0.3 is 11.9 Å². The molecule has 0 aliphatic heterocycles. The summed E-state index contributed by atoms with van der Waals surface area (Å²) in [5, 5.41) is 21.5. The second-order valence-electron chi connectivity index (χ2n) is 37.6. The third kappa shape index (κ3) is 69.9. The second kappa shape index (κ2) is 90.6. The third-order valence-corrected chi connectivity index (χ3v) is 26.9. The van der Waals surface area contributed by atoms with Gasteiger partial charge < -0.3 is 19.7 Å². The van der Waals surface area contributed by atoms with Gasteiger partial charge in [-0.25, -0.2) is 0 Å². The number of esters is 2. The fourth-order valence-corrected chi connectivity index (χ4v) is 19.0. The minimum absolute atomic E-state index is 0.181. The molecule has 0 saturated carbocycles. The molecule has 4 atom stereocenters. The molecule has 678 valence electrons. The Morgan fingerprint density at radius 1 is 0.219 bits per heavy atom. The molecule has 0 aromatic heterocycles. The Bertz CT molecular complexity index is 1770. The van der Waals surface area contributed by atoms with Crippen LogP contribution in [0.3, 0.4) is 0 Å². The molecule has 0 aliphatic rings. The lowest BCUT2D eigenvalue weighted by atomic mass is 9.65. The summed E-state index contributed by atoms with van der Waals surface area (Å²) in [6.07, 6.45) is 114. The minimum Gasteiger partial charge on any atom is -0.465 e. The first-order valence-corrected chi connectivity index (χ1v) is 53.1. The van der Waals surface area contributed by atoms with Gasteiger partial charge in [0.25, 0.3) is 0 Å². The maximum Gasteiger partial charge on any atom is 0.312 e. The number of aliphatic hydroxyl groups excluding tert-OH is 2. The summed E-state index contributed by atoms with van der Waals surface area (Å²) in [4.78, 5) is 31.4. The van der Waals surface area contributed by atoms with E-state index in [-0.39, 0.29) is 24.1 Å². The van der Waals surface area contributed by atoms with Gasteiger partial charge in [0.05, 0.1) is 36.3 Å². The second-order valence-corrected chi connectivity index (χ2v) is 37.6. The van der Waals surface area contributed by atoms with Gasteiger partial charge in [-0.3, -0.25) is 9.59 Å². The monoisotopic (exact) mass is 1600 g/mol. The van der Waals surface area contributed by atoms with E-state index in [1.807, 2.05) is 0 Å². The van der Waals surface area contributed by atoms with Gasteiger partial charge in [-0.1, -0.05) is 516 Å². The van der Waals surface area contributed by atoms with Crippen LogP contribution in [0.1, 0.15) is 608 Å². The Hall–Kier alpha value is -1.66. The predicted octanol–water partition coefficient (Wildman–Crippen LogP) is 36.8. The molecule has 0 rings (SSSR count). The molecule has 114 heavy (non-hydrogen) atoms. The van der Waals surface area contributed by atoms with Gasteiger partial charge in [0.15, 0.2) is 0 Å². The van der Waals surface area contributed by atoms with Crippen LogP contribution in [0.4, 0.5) is 0 Å². The van der Waals surface area contributed by atoms with Crippen LogP contribution in [-0.2, 0) is 19.1 Å². The highest BCUT2D eigenvalue weighted by atomic mass is 16.5. The molecule has 0 aromatic carbocycles. The number of aliphatic hydroxyl groups is 2. The van der Waals surface area contributed by atoms with Crippen LogP contribution in [0.15, 0.2) is 24.3 Å². The zero-order valence-electron chi connectivity index (χ0n) is 79.4. The Labute approximate surface area is 717 Å². The van der Waals surface area contributed by atoms with Gasteiger partial charge in [0.1, 0.15) is 0 Å². The van der Waals surface area contributed by atoms with Crippen molar-refractivity contribution in [2.24, 2.45) is 22.7 Å². The van der Waals surface area contributed by atoms with Gasteiger partial charge in [0.2, 0.25) is 0 Å². The van der Waals surface area contributed by atoms with Crippen molar-refractivity contribution in [1.29, 1.82) is 0 Å². The third-order valence-electron chi connectivity index (χ3n) is 26.9. The van der Waals surface area contributed by atoms with Crippen LogP contribution in [0.5, 0.6) is 0 Å². The van der Waals surface area contributed by atoms with Crippen molar-refractivity contribution in [3.8, 4) is 0 Å². The number of ether oxygens (including phenoxy) is 2. The Balaban J connectivity index is 7.34. The average Bonchev–Trinajstić information content (AvgIpc) is 0.808. The first-order chi connectivity index (χ1) is 56.1. The molecule has 0 bridgehead atoms. The van der Waals surface area contributed by atoms with E-state index in [2.05, 4.69) is 79.7 Å². The number of unbranched alkanes of at least 4 members (excludes halogenated alkanes) is 63. The molecule has 0 saturated heterocycles. The van der Waals surface area contributed by atoms with E-state index in [9.17, 15) is 10.2 Å². The smallest absolute Gasteiger partial charge is 0.312 e. The number of carbonyl (C=O) groups excluding carboxylic acids is 2. The van der Waals surface area contributed by atoms with Crippen molar-refractivity contribution in [2.45, 2.75) is 620 Å². The predicted molar refractivity (Wildman–Crippen MR) is 507 cm³/mol. The Morgan fingerprint density at radius 2 is 0.395 bits per heavy atom. The Kier molecular flexibility index (Phi) is 89.3. The van der Waals surface area contributed by atoms with Crippen molar-refractivity contribution in [2.75, 3.05) is 13.2 Å². The van der Waals surface area contributed by atoms with Crippen LogP contribution in [-0.4, -0.2) is 47.6 Å². The maximum absolute atomic E-state index is 15.7. The van der Waals surface area contributed by atoms with E-state index < -0.39 is 10.8 Å². The summed E-state index contributed by atoms with van der Waals surface area (Å²) in [6, 6.07) is 0. The van der Waals surface area contributed by atoms with Crippen molar-refractivity contribution >= 4 is 11.9 Å². The molecule has 6 heteroatoms. The lowest BCUT2D eigenvalue weighted by Crippen LogP contribution is -2.41. The molecule has 0 aromatic rings. The van der Waals surface area contributed by atoms with E-state index in [0.29, 0.717) is 25.0 Å². The number of rotatable bonds is 97. The number of hydrogen-bond donors (Lipinski definition) is 2. The van der Waals surface area contributed by atoms with Gasteiger partial charge in [-0.05, 0) is 127 Å². The van der Waals surface area contributed by atoms with Crippen molar-refractivity contribution in [1.82, 2.24) is 0 Å². The van der Waals surface area contributed by atoms with Crippen LogP contribution in [0, 0.1) is 22.7 Å². The molecule has 0 spiro atoms. The minimum atomic E-state index is -0.414. The summed E-state index contributed by atoms with van der Waals surface area (Å²) >= 11 is 0. The zero-order valence-corrected chi connectivity index (χ0v) is 79.4. The molecule has 0 aliphatic carbocycles. The molecule has 0 fully saturated rings. The molecule has 6 nitrogen and oxygen atoms in total. The summed E-state index contributed by atoms with van der Waals surface area (Å²) in [7, 11) is 0. The Morgan fingerprint density at radius 3 is 0.623 bits per heavy atom. The summed E-state index contributed by atoms with van der Waals surface area (Å²) in [5.41, 5.74) is -0.828. The quantitative estimate of drug-likeness (QED) is 0.0358. The van der Waals surface area contributed by atoms with Crippen LogP contribution in [0.25, 0.3) is 0 Å². The molecule has 0 amide bonds. The first kappa shape index (κ1) is 112. The van der Waals surface area contributed by atoms with E-state index in [1.165, 1.54) is 398 Å². The van der Waals surface area contributed by atoms with Crippen LogP contribution in [0.2, 0.25) is 0 Å². The van der Waals surface area contributed by atoms with Crippen molar-refractivity contribution < 1.29 is 29.3 Å². The molecular formula is C108H210O6. The summed E-state index contributed by atoms with van der Waals surface area (Å²) in [5.74, 6) is 1.06. The van der Waals surface area contributed by atoms with Crippen LogP contribution >= 0.6 is 0 Å². The normalized spacial score (nSPS) is 13.3. The van der Waals surface area contributed by atoms with Gasteiger partial charge in [0, 0.05) is 0 Å².